The monoisotopic (exact) mass is 295 g/mol. The van der Waals surface area contributed by atoms with Crippen molar-refractivity contribution in [3.8, 4) is 0 Å². The lowest BCUT2D eigenvalue weighted by Crippen LogP contribution is -2.20. The smallest absolute Gasteiger partial charge is 0.135 e. The van der Waals surface area contributed by atoms with Crippen LogP contribution < -0.4 is 10.6 Å². The molecule has 1 aromatic heterocycles. The lowest BCUT2D eigenvalue weighted by Gasteiger charge is -2.17. The predicted molar refractivity (Wildman–Crippen MR) is 88.1 cm³/mol. The van der Waals surface area contributed by atoms with Gasteiger partial charge in [-0.1, -0.05) is 13.8 Å². The van der Waals surface area contributed by atoms with E-state index in [0.717, 1.165) is 43.4 Å². The van der Waals surface area contributed by atoms with E-state index in [1.807, 2.05) is 14.1 Å². The van der Waals surface area contributed by atoms with Crippen LogP contribution >= 0.6 is 0 Å². The summed E-state index contributed by atoms with van der Waals surface area (Å²) >= 11 is 0. The molecule has 0 unspecified atom stereocenters. The van der Waals surface area contributed by atoms with Gasteiger partial charge in [0.05, 0.1) is 13.2 Å². The Bertz CT molecular complexity index is 409. The minimum Gasteiger partial charge on any atom is -0.378 e. The van der Waals surface area contributed by atoms with Crippen LogP contribution in [-0.2, 0) is 4.74 Å². The molecule has 0 aliphatic heterocycles. The first-order valence-electron chi connectivity index (χ1n) is 7.61. The molecule has 0 fully saturated rings. The van der Waals surface area contributed by atoms with Crippen molar-refractivity contribution in [1.29, 1.82) is 0 Å². The van der Waals surface area contributed by atoms with E-state index in [1.165, 1.54) is 0 Å². The van der Waals surface area contributed by atoms with Crippen LogP contribution in [0.2, 0.25) is 0 Å². The number of hydrogen-bond acceptors (Lipinski definition) is 6. The second-order valence-corrected chi connectivity index (χ2v) is 5.51. The fourth-order valence-corrected chi connectivity index (χ4v) is 1.98. The summed E-state index contributed by atoms with van der Waals surface area (Å²) in [6.07, 6.45) is 1.60. The van der Waals surface area contributed by atoms with Gasteiger partial charge in [-0.15, -0.1) is 0 Å². The molecule has 0 saturated carbocycles. The topological polar surface area (TPSA) is 62.3 Å². The Labute approximate surface area is 128 Å². The van der Waals surface area contributed by atoms with E-state index < -0.39 is 0 Å². The molecule has 0 atom stereocenters. The first-order valence-corrected chi connectivity index (χ1v) is 7.61. The van der Waals surface area contributed by atoms with E-state index in [-0.39, 0.29) is 0 Å². The molecule has 0 amide bonds. The summed E-state index contributed by atoms with van der Waals surface area (Å²) in [4.78, 5) is 10.8. The molecule has 0 spiro atoms. The molecule has 6 nitrogen and oxygen atoms in total. The zero-order valence-electron chi connectivity index (χ0n) is 13.9. The van der Waals surface area contributed by atoms with Crippen molar-refractivity contribution >= 4 is 11.6 Å². The minimum atomic E-state index is 0.359. The maximum atomic E-state index is 5.58. The van der Waals surface area contributed by atoms with Crippen molar-refractivity contribution < 1.29 is 4.74 Å². The van der Waals surface area contributed by atoms with Gasteiger partial charge in [-0.2, -0.15) is 0 Å². The molecule has 2 N–H and O–H groups in total. The second kappa shape index (κ2) is 9.52. The van der Waals surface area contributed by atoms with Crippen molar-refractivity contribution in [2.75, 3.05) is 57.6 Å². The van der Waals surface area contributed by atoms with Crippen molar-refractivity contribution in [3.63, 3.8) is 0 Å². The van der Waals surface area contributed by atoms with Crippen molar-refractivity contribution in [1.82, 2.24) is 14.9 Å². The van der Waals surface area contributed by atoms with E-state index >= 15 is 0 Å². The zero-order valence-corrected chi connectivity index (χ0v) is 13.9. The summed E-state index contributed by atoms with van der Waals surface area (Å²) in [6.45, 7) is 10.3. The highest BCUT2D eigenvalue weighted by Crippen LogP contribution is 2.27. The highest BCUT2D eigenvalue weighted by Gasteiger charge is 2.14. The lowest BCUT2D eigenvalue weighted by atomic mass is 10.0. The minimum absolute atomic E-state index is 0.359. The Hall–Kier alpha value is -1.40. The van der Waals surface area contributed by atoms with Gasteiger partial charge >= 0.3 is 0 Å². The highest BCUT2D eigenvalue weighted by molar-refractivity contribution is 5.58. The SMILES string of the molecule is CCNc1ncnc(NCCOCCN(C)C)c1C(C)C. The molecule has 21 heavy (non-hydrogen) atoms. The molecular formula is C15H29N5O. The average molecular weight is 295 g/mol. The summed E-state index contributed by atoms with van der Waals surface area (Å²) in [7, 11) is 4.08. The number of ether oxygens (including phenoxy) is 1. The van der Waals surface area contributed by atoms with E-state index in [4.69, 9.17) is 4.74 Å². The molecule has 1 aromatic rings. The molecule has 0 radical (unpaired) electrons. The third kappa shape index (κ3) is 6.27. The summed E-state index contributed by atoms with van der Waals surface area (Å²) in [5.41, 5.74) is 1.13. The van der Waals surface area contributed by atoms with Crippen LogP contribution in [0.3, 0.4) is 0 Å². The third-order valence-electron chi connectivity index (χ3n) is 3.03. The largest absolute Gasteiger partial charge is 0.378 e. The number of aromatic nitrogens is 2. The van der Waals surface area contributed by atoms with Crippen LogP contribution in [0.5, 0.6) is 0 Å². The fraction of sp³-hybridized carbons (Fsp3) is 0.733. The van der Waals surface area contributed by atoms with Crippen molar-refractivity contribution in [2.24, 2.45) is 0 Å². The van der Waals surface area contributed by atoms with Gasteiger partial charge < -0.3 is 20.3 Å². The number of hydrogen-bond donors (Lipinski definition) is 2. The average Bonchev–Trinajstić information content (AvgIpc) is 2.42. The van der Waals surface area contributed by atoms with Gasteiger partial charge in [0.25, 0.3) is 0 Å². The number of rotatable bonds is 10. The molecule has 120 valence electrons. The number of nitrogens with one attached hydrogen (secondary N) is 2. The lowest BCUT2D eigenvalue weighted by molar-refractivity contribution is 0.126. The van der Waals surface area contributed by atoms with E-state index in [9.17, 15) is 0 Å². The van der Waals surface area contributed by atoms with Gasteiger partial charge in [0, 0.05) is 25.2 Å². The van der Waals surface area contributed by atoms with E-state index in [0.29, 0.717) is 12.5 Å². The number of nitrogens with zero attached hydrogens (tertiary/aromatic N) is 3. The maximum Gasteiger partial charge on any atom is 0.135 e. The fourth-order valence-electron chi connectivity index (χ4n) is 1.98. The first kappa shape index (κ1) is 17.7. The zero-order chi connectivity index (χ0) is 15.7. The first-order chi connectivity index (χ1) is 10.1. The molecule has 0 aromatic carbocycles. The summed E-state index contributed by atoms with van der Waals surface area (Å²) in [6, 6.07) is 0. The third-order valence-corrected chi connectivity index (χ3v) is 3.03. The summed E-state index contributed by atoms with van der Waals surface area (Å²) in [5, 5.41) is 6.64. The van der Waals surface area contributed by atoms with Crippen LogP contribution in [0.4, 0.5) is 11.6 Å². The summed E-state index contributed by atoms with van der Waals surface area (Å²) in [5.74, 6) is 2.17. The second-order valence-electron chi connectivity index (χ2n) is 5.51. The quantitative estimate of drug-likeness (QED) is 0.644. The molecule has 0 aliphatic rings. The number of anilines is 2. The molecule has 1 rings (SSSR count). The van der Waals surface area contributed by atoms with Crippen LogP contribution in [0.25, 0.3) is 0 Å². The molecular weight excluding hydrogens is 266 g/mol. The van der Waals surface area contributed by atoms with Gasteiger partial charge in [-0.3, -0.25) is 0 Å². The Morgan fingerprint density at radius 2 is 1.81 bits per heavy atom. The normalized spacial score (nSPS) is 11.2. The molecule has 1 heterocycles. The van der Waals surface area contributed by atoms with Crippen LogP contribution in [0, 0.1) is 0 Å². The van der Waals surface area contributed by atoms with Crippen LogP contribution in [0.1, 0.15) is 32.3 Å². The van der Waals surface area contributed by atoms with Gasteiger partial charge in [0.2, 0.25) is 0 Å². The number of likely N-dealkylation sites (N-methyl/N-ethyl adjacent to an activating group) is 1. The van der Waals surface area contributed by atoms with Crippen LogP contribution in [0.15, 0.2) is 6.33 Å². The van der Waals surface area contributed by atoms with Crippen molar-refractivity contribution in [3.05, 3.63) is 11.9 Å². The van der Waals surface area contributed by atoms with E-state index in [2.05, 4.69) is 46.3 Å². The van der Waals surface area contributed by atoms with E-state index in [1.54, 1.807) is 6.33 Å². The van der Waals surface area contributed by atoms with Crippen LogP contribution in [-0.4, -0.2) is 61.8 Å². The summed E-state index contributed by atoms with van der Waals surface area (Å²) < 4.78 is 5.58. The standard InChI is InChI=1S/C15H29N5O/c1-6-16-14-13(12(2)3)15(19-11-18-14)17-7-9-21-10-8-20(4)5/h11-12H,6-10H2,1-5H3,(H2,16,17,18,19). The Balaban J connectivity index is 2.52. The van der Waals surface area contributed by atoms with Gasteiger partial charge in [-0.05, 0) is 26.9 Å². The Morgan fingerprint density at radius 1 is 1.14 bits per heavy atom. The maximum absolute atomic E-state index is 5.58. The van der Waals surface area contributed by atoms with Gasteiger partial charge in [0.15, 0.2) is 0 Å². The van der Waals surface area contributed by atoms with Gasteiger partial charge in [0.1, 0.15) is 18.0 Å². The van der Waals surface area contributed by atoms with Crippen molar-refractivity contribution in [2.45, 2.75) is 26.7 Å². The molecule has 0 aliphatic carbocycles. The van der Waals surface area contributed by atoms with Gasteiger partial charge in [-0.25, -0.2) is 9.97 Å². The Kier molecular flexibility index (Phi) is 8.00. The molecule has 0 saturated heterocycles. The predicted octanol–water partition coefficient (Wildman–Crippen LogP) is 2.02. The molecule has 6 heteroatoms. The molecule has 0 bridgehead atoms. The highest BCUT2D eigenvalue weighted by atomic mass is 16.5. The Morgan fingerprint density at radius 3 is 2.38 bits per heavy atom.